The summed E-state index contributed by atoms with van der Waals surface area (Å²) in [6.07, 6.45) is 4.04. The molecule has 0 aliphatic carbocycles. The maximum absolute atomic E-state index is 5.52. The van der Waals surface area contributed by atoms with Gasteiger partial charge in [-0.2, -0.15) is 16.9 Å². The summed E-state index contributed by atoms with van der Waals surface area (Å²) in [4.78, 5) is 2.30. The van der Waals surface area contributed by atoms with Gasteiger partial charge in [0.25, 0.3) is 0 Å². The normalized spacial score (nSPS) is 11.1. The second kappa shape index (κ2) is 5.93. The van der Waals surface area contributed by atoms with Crippen molar-refractivity contribution in [3.8, 4) is 0 Å². The SMILES string of the molecule is CSCCN(C)CCn1ccc(N)n1. The second-order valence-corrected chi connectivity index (χ2v) is 4.29. The van der Waals surface area contributed by atoms with E-state index in [1.807, 2.05) is 28.7 Å². The van der Waals surface area contributed by atoms with Gasteiger partial charge in [0.15, 0.2) is 0 Å². The third-order valence-electron chi connectivity index (χ3n) is 2.05. The molecular weight excluding hydrogens is 196 g/mol. The van der Waals surface area contributed by atoms with E-state index in [1.54, 1.807) is 0 Å². The van der Waals surface area contributed by atoms with E-state index in [-0.39, 0.29) is 0 Å². The van der Waals surface area contributed by atoms with Crippen LogP contribution in [0.5, 0.6) is 0 Å². The first kappa shape index (κ1) is 11.4. The number of hydrogen-bond acceptors (Lipinski definition) is 4. The Morgan fingerprint density at radius 3 is 2.93 bits per heavy atom. The lowest BCUT2D eigenvalue weighted by atomic mass is 10.5. The molecule has 4 nitrogen and oxygen atoms in total. The van der Waals surface area contributed by atoms with Crippen molar-refractivity contribution in [2.24, 2.45) is 0 Å². The van der Waals surface area contributed by atoms with Gasteiger partial charge in [0.2, 0.25) is 0 Å². The van der Waals surface area contributed by atoms with Crippen molar-refractivity contribution >= 4 is 17.6 Å². The number of nitrogens with two attached hydrogens (primary N) is 1. The zero-order valence-corrected chi connectivity index (χ0v) is 9.63. The Hall–Kier alpha value is -0.680. The fourth-order valence-corrected chi connectivity index (χ4v) is 1.63. The van der Waals surface area contributed by atoms with E-state index >= 15 is 0 Å². The first-order valence-electron chi connectivity index (χ1n) is 4.69. The van der Waals surface area contributed by atoms with Crippen LogP contribution < -0.4 is 5.73 Å². The minimum absolute atomic E-state index is 0.594. The van der Waals surface area contributed by atoms with Crippen LogP contribution in [0.25, 0.3) is 0 Å². The molecule has 0 unspecified atom stereocenters. The van der Waals surface area contributed by atoms with Crippen LogP contribution in [0, 0.1) is 0 Å². The number of anilines is 1. The van der Waals surface area contributed by atoms with E-state index in [0.29, 0.717) is 5.82 Å². The molecule has 5 heteroatoms. The first-order valence-corrected chi connectivity index (χ1v) is 6.08. The summed E-state index contributed by atoms with van der Waals surface area (Å²) in [5.41, 5.74) is 5.52. The molecule has 14 heavy (non-hydrogen) atoms. The van der Waals surface area contributed by atoms with Gasteiger partial charge < -0.3 is 10.6 Å². The molecule has 1 aromatic heterocycles. The molecule has 0 saturated carbocycles. The lowest BCUT2D eigenvalue weighted by Crippen LogP contribution is -2.25. The van der Waals surface area contributed by atoms with E-state index in [1.165, 1.54) is 5.75 Å². The van der Waals surface area contributed by atoms with Crippen LogP contribution in [-0.2, 0) is 6.54 Å². The zero-order valence-electron chi connectivity index (χ0n) is 8.81. The molecule has 0 atom stereocenters. The third-order valence-corrected chi connectivity index (χ3v) is 2.64. The van der Waals surface area contributed by atoms with Crippen LogP contribution in [0.1, 0.15) is 0 Å². The zero-order chi connectivity index (χ0) is 10.4. The highest BCUT2D eigenvalue weighted by Gasteiger charge is 1.99. The van der Waals surface area contributed by atoms with E-state index < -0.39 is 0 Å². The molecule has 0 radical (unpaired) electrons. The van der Waals surface area contributed by atoms with E-state index in [4.69, 9.17) is 5.73 Å². The fourth-order valence-electron chi connectivity index (χ4n) is 1.13. The van der Waals surface area contributed by atoms with Crippen LogP contribution in [0.15, 0.2) is 12.3 Å². The maximum Gasteiger partial charge on any atom is 0.145 e. The summed E-state index contributed by atoms with van der Waals surface area (Å²) in [5.74, 6) is 1.77. The molecule has 0 saturated heterocycles. The minimum Gasteiger partial charge on any atom is -0.382 e. The monoisotopic (exact) mass is 214 g/mol. The highest BCUT2D eigenvalue weighted by molar-refractivity contribution is 7.98. The van der Waals surface area contributed by atoms with Crippen LogP contribution >= 0.6 is 11.8 Å². The van der Waals surface area contributed by atoms with Gasteiger partial charge in [-0.25, -0.2) is 0 Å². The lowest BCUT2D eigenvalue weighted by Gasteiger charge is -2.15. The molecular formula is C9H18N4S. The summed E-state index contributed by atoms with van der Waals surface area (Å²) in [6.45, 7) is 3.04. The van der Waals surface area contributed by atoms with E-state index in [0.717, 1.165) is 19.6 Å². The maximum atomic E-state index is 5.52. The van der Waals surface area contributed by atoms with Gasteiger partial charge in [0, 0.05) is 25.0 Å². The molecule has 1 aromatic rings. The standard InChI is InChI=1S/C9H18N4S/c1-12(7-8-14-2)5-6-13-4-3-9(10)11-13/h3-4H,5-8H2,1-2H3,(H2,10,11). The average Bonchev–Trinajstić information content (AvgIpc) is 2.58. The highest BCUT2D eigenvalue weighted by Crippen LogP contribution is 1.97. The molecule has 0 aliphatic rings. The van der Waals surface area contributed by atoms with Crippen LogP contribution in [0.2, 0.25) is 0 Å². The van der Waals surface area contributed by atoms with Crippen LogP contribution in [0.4, 0.5) is 5.82 Å². The minimum atomic E-state index is 0.594. The van der Waals surface area contributed by atoms with Gasteiger partial charge >= 0.3 is 0 Å². The summed E-state index contributed by atoms with van der Waals surface area (Å²) < 4.78 is 1.88. The van der Waals surface area contributed by atoms with Crippen LogP contribution in [-0.4, -0.2) is 46.8 Å². The molecule has 0 spiro atoms. The molecule has 1 heterocycles. The van der Waals surface area contributed by atoms with Crippen molar-refractivity contribution < 1.29 is 0 Å². The molecule has 0 bridgehead atoms. The summed E-state index contributed by atoms with van der Waals surface area (Å²) >= 11 is 1.87. The van der Waals surface area contributed by atoms with Gasteiger partial charge in [0.1, 0.15) is 5.82 Å². The Kier molecular flexibility index (Phi) is 4.82. The Labute approximate surface area is 89.5 Å². The molecule has 0 fully saturated rings. The van der Waals surface area contributed by atoms with Crippen molar-refractivity contribution in [2.75, 3.05) is 37.9 Å². The Morgan fingerprint density at radius 1 is 1.57 bits per heavy atom. The Morgan fingerprint density at radius 2 is 2.36 bits per heavy atom. The van der Waals surface area contributed by atoms with Crippen molar-refractivity contribution in [2.45, 2.75) is 6.54 Å². The largest absolute Gasteiger partial charge is 0.382 e. The molecule has 80 valence electrons. The number of rotatable bonds is 6. The number of thioether (sulfide) groups is 1. The Bertz CT molecular complexity index is 261. The predicted octanol–water partition coefficient (Wildman–Crippen LogP) is 0.760. The number of nitrogen functional groups attached to an aromatic ring is 1. The van der Waals surface area contributed by atoms with Gasteiger partial charge in [0.05, 0.1) is 6.54 Å². The van der Waals surface area contributed by atoms with Gasteiger partial charge in [-0.1, -0.05) is 0 Å². The summed E-state index contributed by atoms with van der Waals surface area (Å²) in [7, 11) is 2.13. The van der Waals surface area contributed by atoms with Crippen molar-refractivity contribution in [1.29, 1.82) is 0 Å². The number of aromatic nitrogens is 2. The molecule has 0 amide bonds. The third kappa shape index (κ3) is 4.02. The van der Waals surface area contributed by atoms with Crippen molar-refractivity contribution in [1.82, 2.24) is 14.7 Å². The summed E-state index contributed by atoms with van der Waals surface area (Å²) in [5, 5.41) is 4.13. The number of likely N-dealkylation sites (N-methyl/N-ethyl adjacent to an activating group) is 1. The van der Waals surface area contributed by atoms with E-state index in [2.05, 4.69) is 23.3 Å². The second-order valence-electron chi connectivity index (χ2n) is 3.30. The van der Waals surface area contributed by atoms with Crippen LogP contribution in [0.3, 0.4) is 0 Å². The first-order chi connectivity index (χ1) is 6.72. The molecule has 2 N–H and O–H groups in total. The molecule has 0 aromatic carbocycles. The van der Waals surface area contributed by atoms with Crippen molar-refractivity contribution in [3.05, 3.63) is 12.3 Å². The quantitative estimate of drug-likeness (QED) is 0.759. The average molecular weight is 214 g/mol. The predicted molar refractivity (Wildman–Crippen MR) is 62.5 cm³/mol. The number of nitrogens with zero attached hydrogens (tertiary/aromatic N) is 3. The molecule has 0 aliphatic heterocycles. The fraction of sp³-hybridized carbons (Fsp3) is 0.667. The van der Waals surface area contributed by atoms with Gasteiger partial charge in [-0.15, -0.1) is 0 Å². The lowest BCUT2D eigenvalue weighted by molar-refractivity contribution is 0.330. The van der Waals surface area contributed by atoms with Gasteiger partial charge in [-0.05, 0) is 19.4 Å². The van der Waals surface area contributed by atoms with E-state index in [9.17, 15) is 0 Å². The topological polar surface area (TPSA) is 47.1 Å². The smallest absolute Gasteiger partial charge is 0.145 e. The number of hydrogen-bond donors (Lipinski definition) is 1. The van der Waals surface area contributed by atoms with Crippen molar-refractivity contribution in [3.63, 3.8) is 0 Å². The van der Waals surface area contributed by atoms with Gasteiger partial charge in [-0.3, -0.25) is 4.68 Å². The highest BCUT2D eigenvalue weighted by atomic mass is 32.2. The molecule has 1 rings (SSSR count). The summed E-state index contributed by atoms with van der Waals surface area (Å²) in [6, 6.07) is 1.82. The Balaban J connectivity index is 2.20.